The van der Waals surface area contributed by atoms with E-state index in [0.29, 0.717) is 22.4 Å². The molecule has 2 N–H and O–H groups in total. The van der Waals surface area contributed by atoms with E-state index in [1.165, 1.54) is 11.0 Å². The van der Waals surface area contributed by atoms with Gasteiger partial charge < -0.3 is 15.1 Å². The number of nitrogens with zero attached hydrogens (tertiary/aromatic N) is 1. The molecular weight excluding hydrogens is 370 g/mol. The van der Waals surface area contributed by atoms with Crippen molar-refractivity contribution in [1.29, 1.82) is 0 Å². The van der Waals surface area contributed by atoms with Gasteiger partial charge in [0, 0.05) is 42.0 Å². The quantitative estimate of drug-likeness (QED) is 0.656. The highest BCUT2D eigenvalue weighted by atomic mass is 16.2. The summed E-state index contributed by atoms with van der Waals surface area (Å²) in [5.41, 5.74) is 1.81. The second-order valence-electron chi connectivity index (χ2n) is 7.49. The minimum atomic E-state index is -0.479. The second kappa shape index (κ2) is 7.97. The first-order valence-electron chi connectivity index (χ1n) is 9.36. The Balaban J connectivity index is 1.78. The summed E-state index contributed by atoms with van der Waals surface area (Å²) in [6, 6.07) is 11.0. The lowest BCUT2D eigenvalue weighted by atomic mass is 9.84. The van der Waals surface area contributed by atoms with Gasteiger partial charge in [-0.05, 0) is 25.1 Å². The topological polar surface area (TPSA) is 88.0 Å². The maximum atomic E-state index is 12.8. The van der Waals surface area contributed by atoms with Crippen LogP contribution in [0.15, 0.2) is 42.5 Å². The third-order valence-electron chi connectivity index (χ3n) is 5.25. The first-order chi connectivity index (χ1) is 13.7. The van der Waals surface area contributed by atoms with E-state index in [1.807, 2.05) is 0 Å². The molecule has 2 aromatic carbocycles. The van der Waals surface area contributed by atoms with Gasteiger partial charge in [0.1, 0.15) is 0 Å². The van der Waals surface area contributed by atoms with Crippen molar-refractivity contribution in [3.63, 3.8) is 0 Å². The minimum Gasteiger partial charge on any atom is -0.344 e. The van der Waals surface area contributed by atoms with E-state index in [1.54, 1.807) is 64.5 Å². The van der Waals surface area contributed by atoms with E-state index in [9.17, 15) is 19.2 Å². The van der Waals surface area contributed by atoms with E-state index < -0.39 is 6.04 Å². The first-order valence-corrected chi connectivity index (χ1v) is 9.36. The summed E-state index contributed by atoms with van der Waals surface area (Å²) in [5, 5.41) is 2.79. The van der Waals surface area contributed by atoms with Gasteiger partial charge in [-0.3, -0.25) is 19.2 Å². The molecule has 0 aliphatic heterocycles. The van der Waals surface area contributed by atoms with Crippen molar-refractivity contribution in [3.8, 4) is 0 Å². The lowest BCUT2D eigenvalue weighted by Gasteiger charge is -2.22. The zero-order valence-electron chi connectivity index (χ0n) is 16.9. The van der Waals surface area contributed by atoms with Crippen molar-refractivity contribution in [2.24, 2.45) is 0 Å². The van der Waals surface area contributed by atoms with Gasteiger partial charge in [-0.2, -0.15) is 0 Å². The molecule has 0 fully saturated rings. The fraction of sp³-hybridized carbons (Fsp3) is 0.273. The molecule has 0 radical (unpaired) electrons. The minimum absolute atomic E-state index is 0.0706. The second-order valence-corrected chi connectivity index (χ2v) is 7.49. The molecule has 3 rings (SSSR count). The molecule has 2 aromatic rings. The van der Waals surface area contributed by atoms with E-state index in [0.717, 1.165) is 4.90 Å². The van der Waals surface area contributed by atoms with Crippen LogP contribution in [0.3, 0.4) is 0 Å². The number of nitrogens with one attached hydrogen (secondary N) is 2. The van der Waals surface area contributed by atoms with Gasteiger partial charge in [-0.1, -0.05) is 24.3 Å². The monoisotopic (exact) mass is 394 g/mol. The van der Waals surface area contributed by atoms with E-state index in [2.05, 4.69) is 5.32 Å². The lowest BCUT2D eigenvalue weighted by Crippen LogP contribution is -3.15. The van der Waals surface area contributed by atoms with Crippen molar-refractivity contribution in [2.45, 2.75) is 13.0 Å². The standard InChI is InChI=1S/C22H23N3O4/c1-13(25(4)12-19(26)24(2)3)22(29)23-14-9-10-17-18(11-14)21(28)16-8-6-5-7-15(16)20(17)27/h5-11,13H,12H2,1-4H3,(H,23,29)/p+1/t13-/m0/s1. The number of benzene rings is 2. The molecule has 2 atom stereocenters. The van der Waals surface area contributed by atoms with Gasteiger partial charge in [0.15, 0.2) is 24.2 Å². The Bertz CT molecular complexity index is 1010. The molecule has 7 heteroatoms. The summed E-state index contributed by atoms with van der Waals surface area (Å²) in [7, 11) is 5.12. The van der Waals surface area contributed by atoms with Crippen LogP contribution >= 0.6 is 0 Å². The molecule has 2 amide bonds. The van der Waals surface area contributed by atoms with Gasteiger partial charge in [-0.15, -0.1) is 0 Å². The number of carbonyl (C=O) groups excluding carboxylic acids is 4. The highest BCUT2D eigenvalue weighted by molar-refractivity contribution is 6.28. The van der Waals surface area contributed by atoms with E-state index in [-0.39, 0.29) is 35.5 Å². The smallest absolute Gasteiger partial charge is 0.282 e. The number of likely N-dealkylation sites (N-methyl/N-ethyl adjacent to an activating group) is 2. The fourth-order valence-electron chi connectivity index (χ4n) is 3.20. The predicted molar refractivity (Wildman–Crippen MR) is 108 cm³/mol. The van der Waals surface area contributed by atoms with Gasteiger partial charge in [0.05, 0.1) is 7.05 Å². The third-order valence-corrected chi connectivity index (χ3v) is 5.25. The van der Waals surface area contributed by atoms with Crippen molar-refractivity contribution in [1.82, 2.24) is 4.90 Å². The van der Waals surface area contributed by atoms with Crippen molar-refractivity contribution >= 4 is 29.1 Å². The summed E-state index contributed by atoms with van der Waals surface area (Å²) < 4.78 is 0. The maximum absolute atomic E-state index is 12.8. The maximum Gasteiger partial charge on any atom is 0.282 e. The van der Waals surface area contributed by atoms with E-state index >= 15 is 0 Å². The van der Waals surface area contributed by atoms with Crippen molar-refractivity contribution in [2.75, 3.05) is 33.0 Å². The molecule has 150 valence electrons. The van der Waals surface area contributed by atoms with Crippen LogP contribution in [0.1, 0.15) is 38.8 Å². The zero-order chi connectivity index (χ0) is 21.3. The summed E-state index contributed by atoms with van der Waals surface area (Å²) in [4.78, 5) is 52.2. The number of carbonyl (C=O) groups is 4. The number of amides is 2. The molecule has 0 saturated carbocycles. The van der Waals surface area contributed by atoms with Crippen LogP contribution in [0, 0.1) is 0 Å². The molecule has 0 aromatic heterocycles. The summed E-state index contributed by atoms with van der Waals surface area (Å²) in [6.45, 7) is 1.92. The number of fused-ring (bicyclic) bond motifs is 2. The molecule has 29 heavy (non-hydrogen) atoms. The Morgan fingerprint density at radius 2 is 1.52 bits per heavy atom. The van der Waals surface area contributed by atoms with Crippen LogP contribution in [0.2, 0.25) is 0 Å². The van der Waals surface area contributed by atoms with Gasteiger partial charge in [0.25, 0.3) is 11.8 Å². The Morgan fingerprint density at radius 3 is 2.10 bits per heavy atom. The largest absolute Gasteiger partial charge is 0.344 e. The first kappa shape index (κ1) is 20.4. The van der Waals surface area contributed by atoms with Crippen LogP contribution in [0.4, 0.5) is 5.69 Å². The molecule has 1 aliphatic rings. The van der Waals surface area contributed by atoms with Crippen LogP contribution in [0.25, 0.3) is 0 Å². The SMILES string of the molecule is C[C@@H](C(=O)Nc1ccc2c(c1)C(=O)c1ccccc1C2=O)[NH+](C)CC(=O)N(C)C. The van der Waals surface area contributed by atoms with Gasteiger partial charge in [0.2, 0.25) is 0 Å². The Labute approximate surface area is 169 Å². The average Bonchev–Trinajstić information content (AvgIpc) is 2.71. The number of anilines is 1. The summed E-state index contributed by atoms with van der Waals surface area (Å²) in [6.07, 6.45) is 0. The predicted octanol–water partition coefficient (Wildman–Crippen LogP) is 0.392. The van der Waals surface area contributed by atoms with Crippen LogP contribution in [-0.4, -0.2) is 62.0 Å². The number of ketones is 2. The van der Waals surface area contributed by atoms with Crippen molar-refractivity contribution in [3.05, 3.63) is 64.7 Å². The Kier molecular flexibility index (Phi) is 5.61. The van der Waals surface area contributed by atoms with Crippen LogP contribution in [0.5, 0.6) is 0 Å². The number of rotatable bonds is 5. The van der Waals surface area contributed by atoms with Crippen LogP contribution in [-0.2, 0) is 9.59 Å². The van der Waals surface area contributed by atoms with Crippen molar-refractivity contribution < 1.29 is 24.1 Å². The molecule has 1 aliphatic carbocycles. The third kappa shape index (κ3) is 3.95. The van der Waals surface area contributed by atoms with Gasteiger partial charge in [-0.25, -0.2) is 0 Å². The molecule has 0 bridgehead atoms. The highest BCUT2D eigenvalue weighted by Crippen LogP contribution is 2.29. The van der Waals surface area contributed by atoms with Crippen LogP contribution < -0.4 is 10.2 Å². The summed E-state index contributed by atoms with van der Waals surface area (Å²) >= 11 is 0. The number of quaternary nitrogens is 1. The normalized spacial score (nSPS) is 14.5. The molecule has 7 nitrogen and oxygen atoms in total. The zero-order valence-corrected chi connectivity index (χ0v) is 16.9. The summed E-state index contributed by atoms with van der Waals surface area (Å²) in [5.74, 6) is -0.783. The highest BCUT2D eigenvalue weighted by Gasteiger charge is 2.30. The van der Waals surface area contributed by atoms with E-state index in [4.69, 9.17) is 0 Å². The fourth-order valence-corrected chi connectivity index (χ4v) is 3.20. The lowest BCUT2D eigenvalue weighted by molar-refractivity contribution is -0.886. The number of hydrogen-bond acceptors (Lipinski definition) is 4. The average molecular weight is 394 g/mol. The molecule has 1 unspecified atom stereocenters. The molecule has 0 heterocycles. The molecular formula is C22H24N3O4+. The number of hydrogen-bond donors (Lipinski definition) is 2. The van der Waals surface area contributed by atoms with Gasteiger partial charge >= 0.3 is 0 Å². The Hall–Kier alpha value is -3.32. The Morgan fingerprint density at radius 1 is 0.966 bits per heavy atom. The molecule has 0 spiro atoms. The molecule has 0 saturated heterocycles.